The SMILES string of the molecule is CCCCCCCCCN1CCCC1C1CCCC1O. The third kappa shape index (κ3) is 4.73. The van der Waals surface area contributed by atoms with E-state index in [1.807, 2.05) is 0 Å². The Labute approximate surface area is 125 Å². The molecule has 118 valence electrons. The van der Waals surface area contributed by atoms with Crippen molar-refractivity contribution in [3.05, 3.63) is 0 Å². The summed E-state index contributed by atoms with van der Waals surface area (Å²) in [5.41, 5.74) is 0. The lowest BCUT2D eigenvalue weighted by atomic mass is 9.94. The molecule has 1 saturated heterocycles. The van der Waals surface area contributed by atoms with Crippen molar-refractivity contribution in [2.75, 3.05) is 13.1 Å². The molecule has 2 nitrogen and oxygen atoms in total. The van der Waals surface area contributed by atoms with Gasteiger partial charge in [-0.25, -0.2) is 0 Å². The van der Waals surface area contributed by atoms with E-state index in [-0.39, 0.29) is 6.10 Å². The van der Waals surface area contributed by atoms with Crippen LogP contribution in [0.1, 0.15) is 84.0 Å². The van der Waals surface area contributed by atoms with Crippen molar-refractivity contribution in [1.82, 2.24) is 4.90 Å². The summed E-state index contributed by atoms with van der Waals surface area (Å²) in [6, 6.07) is 0.701. The zero-order chi connectivity index (χ0) is 14.2. The van der Waals surface area contributed by atoms with Gasteiger partial charge in [-0.3, -0.25) is 0 Å². The first kappa shape index (κ1) is 16.3. The fourth-order valence-corrected chi connectivity index (χ4v) is 4.30. The Morgan fingerprint density at radius 1 is 0.900 bits per heavy atom. The Morgan fingerprint density at radius 2 is 1.65 bits per heavy atom. The number of hydrogen-bond donors (Lipinski definition) is 1. The Bertz CT molecular complexity index is 256. The highest BCUT2D eigenvalue weighted by Gasteiger charge is 2.37. The molecule has 2 fully saturated rings. The van der Waals surface area contributed by atoms with Gasteiger partial charge in [-0.05, 0) is 45.2 Å². The average molecular weight is 281 g/mol. The maximum atomic E-state index is 10.1. The van der Waals surface area contributed by atoms with E-state index in [4.69, 9.17) is 0 Å². The van der Waals surface area contributed by atoms with Gasteiger partial charge in [0, 0.05) is 12.0 Å². The van der Waals surface area contributed by atoms with Gasteiger partial charge in [0.25, 0.3) is 0 Å². The summed E-state index contributed by atoms with van der Waals surface area (Å²) in [4.78, 5) is 2.70. The second-order valence-electron chi connectivity index (χ2n) is 7.03. The molecule has 1 aliphatic carbocycles. The van der Waals surface area contributed by atoms with E-state index in [1.54, 1.807) is 0 Å². The average Bonchev–Trinajstić information content (AvgIpc) is 3.06. The van der Waals surface area contributed by atoms with Crippen LogP contribution in [0.3, 0.4) is 0 Å². The molecule has 0 spiro atoms. The van der Waals surface area contributed by atoms with Gasteiger partial charge >= 0.3 is 0 Å². The van der Waals surface area contributed by atoms with Crippen molar-refractivity contribution in [1.29, 1.82) is 0 Å². The van der Waals surface area contributed by atoms with Crippen LogP contribution in [0.15, 0.2) is 0 Å². The topological polar surface area (TPSA) is 23.5 Å². The summed E-state index contributed by atoms with van der Waals surface area (Å²) in [7, 11) is 0. The molecule has 2 heteroatoms. The number of unbranched alkanes of at least 4 members (excludes halogenated alkanes) is 6. The molecule has 0 radical (unpaired) electrons. The van der Waals surface area contributed by atoms with Gasteiger partial charge < -0.3 is 10.0 Å². The van der Waals surface area contributed by atoms with Crippen LogP contribution in [0.4, 0.5) is 0 Å². The molecule has 0 aromatic heterocycles. The molecule has 1 N–H and O–H groups in total. The van der Waals surface area contributed by atoms with Crippen LogP contribution < -0.4 is 0 Å². The Kier molecular flexibility index (Phi) is 7.37. The highest BCUT2D eigenvalue weighted by Crippen LogP contribution is 2.35. The van der Waals surface area contributed by atoms with Crippen molar-refractivity contribution in [2.24, 2.45) is 5.92 Å². The zero-order valence-electron chi connectivity index (χ0n) is 13.5. The fraction of sp³-hybridized carbons (Fsp3) is 1.00. The standard InChI is InChI=1S/C18H35NO/c1-2-3-4-5-6-7-8-14-19-15-10-12-17(19)16-11-9-13-18(16)20/h16-18,20H,2-15H2,1H3. The van der Waals surface area contributed by atoms with Crippen LogP contribution in [-0.4, -0.2) is 35.2 Å². The molecule has 1 aliphatic heterocycles. The lowest BCUT2D eigenvalue weighted by molar-refractivity contribution is 0.0740. The normalized spacial score (nSPS) is 31.2. The van der Waals surface area contributed by atoms with Crippen molar-refractivity contribution in [2.45, 2.75) is 96.1 Å². The molecule has 0 amide bonds. The number of nitrogens with zero attached hydrogens (tertiary/aromatic N) is 1. The molecule has 3 unspecified atom stereocenters. The van der Waals surface area contributed by atoms with Crippen LogP contribution in [-0.2, 0) is 0 Å². The molecule has 0 aromatic rings. The first-order chi connectivity index (χ1) is 9.83. The first-order valence-corrected chi connectivity index (χ1v) is 9.25. The monoisotopic (exact) mass is 281 g/mol. The van der Waals surface area contributed by atoms with Gasteiger partial charge in [0.15, 0.2) is 0 Å². The first-order valence-electron chi connectivity index (χ1n) is 9.25. The summed E-state index contributed by atoms with van der Waals surface area (Å²) in [5, 5.41) is 10.1. The second-order valence-corrected chi connectivity index (χ2v) is 7.03. The van der Waals surface area contributed by atoms with E-state index >= 15 is 0 Å². The van der Waals surface area contributed by atoms with E-state index < -0.39 is 0 Å². The van der Waals surface area contributed by atoms with E-state index in [2.05, 4.69) is 11.8 Å². The lowest BCUT2D eigenvalue weighted by Gasteiger charge is -2.31. The highest BCUT2D eigenvalue weighted by molar-refractivity contribution is 4.91. The van der Waals surface area contributed by atoms with E-state index in [0.29, 0.717) is 12.0 Å². The molecule has 1 heterocycles. The largest absolute Gasteiger partial charge is 0.393 e. The van der Waals surface area contributed by atoms with Crippen LogP contribution in [0.5, 0.6) is 0 Å². The highest BCUT2D eigenvalue weighted by atomic mass is 16.3. The number of hydrogen-bond acceptors (Lipinski definition) is 2. The summed E-state index contributed by atoms with van der Waals surface area (Å²) >= 11 is 0. The maximum absolute atomic E-state index is 10.1. The van der Waals surface area contributed by atoms with Gasteiger partial charge in [-0.1, -0.05) is 51.9 Å². The molecule has 0 bridgehead atoms. The number of aliphatic hydroxyl groups excluding tert-OH is 1. The molecule has 2 aliphatic rings. The van der Waals surface area contributed by atoms with Crippen molar-refractivity contribution in [3.8, 4) is 0 Å². The Hall–Kier alpha value is -0.0800. The van der Waals surface area contributed by atoms with E-state index in [0.717, 1.165) is 6.42 Å². The predicted octanol–water partition coefficient (Wildman–Crippen LogP) is 4.36. The van der Waals surface area contributed by atoms with Crippen molar-refractivity contribution in [3.63, 3.8) is 0 Å². The minimum atomic E-state index is -0.00496. The number of aliphatic hydroxyl groups is 1. The minimum absolute atomic E-state index is 0.00496. The zero-order valence-corrected chi connectivity index (χ0v) is 13.5. The van der Waals surface area contributed by atoms with E-state index in [1.165, 1.54) is 83.7 Å². The molecule has 1 saturated carbocycles. The Morgan fingerprint density at radius 3 is 2.35 bits per heavy atom. The van der Waals surface area contributed by atoms with Gasteiger partial charge in [0.2, 0.25) is 0 Å². The summed E-state index contributed by atoms with van der Waals surface area (Å²) in [6.07, 6.45) is 16.0. The molecule has 20 heavy (non-hydrogen) atoms. The van der Waals surface area contributed by atoms with Crippen LogP contribution >= 0.6 is 0 Å². The molecule has 3 atom stereocenters. The van der Waals surface area contributed by atoms with Gasteiger partial charge in [-0.15, -0.1) is 0 Å². The molecular weight excluding hydrogens is 246 g/mol. The van der Waals surface area contributed by atoms with Crippen molar-refractivity contribution < 1.29 is 5.11 Å². The van der Waals surface area contributed by atoms with E-state index in [9.17, 15) is 5.11 Å². The summed E-state index contributed by atoms with van der Waals surface area (Å²) in [6.45, 7) is 4.84. The maximum Gasteiger partial charge on any atom is 0.0583 e. The third-order valence-electron chi connectivity index (χ3n) is 5.49. The quantitative estimate of drug-likeness (QED) is 0.635. The summed E-state index contributed by atoms with van der Waals surface area (Å²) in [5.74, 6) is 0.585. The van der Waals surface area contributed by atoms with Crippen LogP contribution in [0.2, 0.25) is 0 Å². The van der Waals surface area contributed by atoms with Gasteiger partial charge in [0.05, 0.1) is 6.10 Å². The van der Waals surface area contributed by atoms with Crippen LogP contribution in [0.25, 0.3) is 0 Å². The summed E-state index contributed by atoms with van der Waals surface area (Å²) < 4.78 is 0. The smallest absolute Gasteiger partial charge is 0.0583 e. The molecule has 0 aromatic carbocycles. The van der Waals surface area contributed by atoms with Gasteiger partial charge in [0.1, 0.15) is 0 Å². The fourth-order valence-electron chi connectivity index (χ4n) is 4.30. The Balaban J connectivity index is 1.59. The van der Waals surface area contributed by atoms with Gasteiger partial charge in [-0.2, -0.15) is 0 Å². The lowest BCUT2D eigenvalue weighted by Crippen LogP contribution is -2.39. The molecule has 2 rings (SSSR count). The van der Waals surface area contributed by atoms with Crippen molar-refractivity contribution >= 4 is 0 Å². The predicted molar refractivity (Wildman–Crippen MR) is 85.9 cm³/mol. The number of rotatable bonds is 9. The molecular formula is C18H35NO. The second kappa shape index (κ2) is 9.04. The number of likely N-dealkylation sites (tertiary alicyclic amines) is 1. The third-order valence-corrected chi connectivity index (χ3v) is 5.49. The van der Waals surface area contributed by atoms with Crippen LogP contribution in [0, 0.1) is 5.92 Å². The minimum Gasteiger partial charge on any atom is -0.393 e.